The predicted octanol–water partition coefficient (Wildman–Crippen LogP) is 3.82. The molecule has 5 rings (SSSR count). The van der Waals surface area contributed by atoms with Crippen LogP contribution in [-0.2, 0) is 24.1 Å². The number of carbonyl (C=O) groups excluding carboxylic acids is 1. The number of anilines is 4. The van der Waals surface area contributed by atoms with Crippen molar-refractivity contribution < 1.29 is 27.4 Å². The smallest absolute Gasteiger partial charge is 0.222 e. The van der Waals surface area contributed by atoms with Gasteiger partial charge in [-0.1, -0.05) is 0 Å². The van der Waals surface area contributed by atoms with Crippen LogP contribution in [0.1, 0.15) is 33.6 Å². The number of pyridine rings is 3. The largest absolute Gasteiger partial charge is 0.490 e. The van der Waals surface area contributed by atoms with Gasteiger partial charge in [-0.2, -0.15) is 0 Å². The lowest BCUT2D eigenvalue weighted by Gasteiger charge is -2.36. The van der Waals surface area contributed by atoms with Crippen LogP contribution in [0, 0.1) is 0 Å². The van der Waals surface area contributed by atoms with Gasteiger partial charge in [0, 0.05) is 63.3 Å². The second kappa shape index (κ2) is 11.8. The summed E-state index contributed by atoms with van der Waals surface area (Å²) in [6, 6.07) is 8.57. The van der Waals surface area contributed by atoms with Crippen LogP contribution in [0.5, 0.6) is 5.75 Å². The number of sulfone groups is 1. The Morgan fingerprint density at radius 3 is 2.43 bits per heavy atom. The van der Waals surface area contributed by atoms with Crippen LogP contribution >= 0.6 is 0 Å². The molecule has 2 unspecified atom stereocenters. The number of ether oxygens (including phenoxy) is 3. The molecule has 0 radical (unpaired) electrons. The van der Waals surface area contributed by atoms with E-state index in [4.69, 9.17) is 19.2 Å². The van der Waals surface area contributed by atoms with Gasteiger partial charge in [-0.25, -0.2) is 18.4 Å². The number of nitrogens with one attached hydrogen (secondary N) is 2. The first-order valence-corrected chi connectivity index (χ1v) is 15.6. The summed E-state index contributed by atoms with van der Waals surface area (Å²) in [7, 11) is -2.01. The number of hydrogen-bond donors (Lipinski definition) is 2. The van der Waals surface area contributed by atoms with Gasteiger partial charge in [0.15, 0.2) is 14.9 Å². The fourth-order valence-corrected chi connectivity index (χ4v) is 5.45. The third kappa shape index (κ3) is 7.15. The SMILES string of the molecule is COC1(COc2cc(Nc3cc(NC(C)=O)ncc3-c3ccc(N4CC(C)OC(C)C4)cn3)nc(S(C)(=O)=O)c2)CC1. The molecule has 0 bridgehead atoms. The molecule has 1 saturated carbocycles. The van der Waals surface area contributed by atoms with E-state index in [-0.39, 0.29) is 34.6 Å². The van der Waals surface area contributed by atoms with Gasteiger partial charge < -0.3 is 29.7 Å². The van der Waals surface area contributed by atoms with Crippen LogP contribution in [0.15, 0.2) is 47.8 Å². The van der Waals surface area contributed by atoms with Crippen molar-refractivity contribution in [1.29, 1.82) is 0 Å². The zero-order valence-corrected chi connectivity index (χ0v) is 25.2. The zero-order valence-electron chi connectivity index (χ0n) is 24.4. The van der Waals surface area contributed by atoms with Crippen molar-refractivity contribution in [2.24, 2.45) is 0 Å². The molecule has 4 heterocycles. The minimum Gasteiger partial charge on any atom is -0.490 e. The monoisotopic (exact) mass is 596 g/mol. The maximum Gasteiger partial charge on any atom is 0.222 e. The number of nitrogens with zero attached hydrogens (tertiary/aromatic N) is 4. The molecule has 0 aromatic carbocycles. The van der Waals surface area contributed by atoms with Crippen molar-refractivity contribution in [1.82, 2.24) is 15.0 Å². The summed E-state index contributed by atoms with van der Waals surface area (Å²) in [5.74, 6) is 0.612. The summed E-state index contributed by atoms with van der Waals surface area (Å²) >= 11 is 0. The number of rotatable bonds is 10. The van der Waals surface area contributed by atoms with Crippen LogP contribution in [0.25, 0.3) is 11.3 Å². The second-order valence-electron chi connectivity index (χ2n) is 11.0. The average Bonchev–Trinajstić information content (AvgIpc) is 3.71. The number of methoxy groups -OCH3 is 1. The zero-order chi connectivity index (χ0) is 30.1. The maximum absolute atomic E-state index is 12.5. The van der Waals surface area contributed by atoms with E-state index in [1.165, 1.54) is 13.0 Å². The lowest BCUT2D eigenvalue weighted by Crippen LogP contribution is -2.45. The summed E-state index contributed by atoms with van der Waals surface area (Å²) < 4.78 is 42.3. The molecule has 1 aliphatic heterocycles. The molecule has 224 valence electrons. The molecule has 2 N–H and O–H groups in total. The molecule has 0 spiro atoms. The van der Waals surface area contributed by atoms with Gasteiger partial charge in [-0.05, 0) is 38.8 Å². The van der Waals surface area contributed by atoms with E-state index in [1.807, 2.05) is 18.3 Å². The third-order valence-corrected chi connectivity index (χ3v) is 8.15. The Morgan fingerprint density at radius 2 is 1.83 bits per heavy atom. The Labute approximate surface area is 245 Å². The first-order chi connectivity index (χ1) is 19.9. The molecule has 1 aliphatic carbocycles. The summed E-state index contributed by atoms with van der Waals surface area (Å²) in [5, 5.41) is 5.75. The van der Waals surface area contributed by atoms with Crippen molar-refractivity contribution in [3.05, 3.63) is 42.7 Å². The van der Waals surface area contributed by atoms with Gasteiger partial charge in [0.2, 0.25) is 5.91 Å². The first kappa shape index (κ1) is 29.7. The van der Waals surface area contributed by atoms with Gasteiger partial charge >= 0.3 is 0 Å². The van der Waals surface area contributed by atoms with E-state index in [0.29, 0.717) is 35.1 Å². The lowest BCUT2D eigenvalue weighted by molar-refractivity contribution is -0.114. The van der Waals surface area contributed by atoms with E-state index in [0.717, 1.165) is 37.9 Å². The van der Waals surface area contributed by atoms with E-state index >= 15 is 0 Å². The van der Waals surface area contributed by atoms with E-state index in [2.05, 4.69) is 39.3 Å². The van der Waals surface area contributed by atoms with Crippen LogP contribution in [-0.4, -0.2) is 80.1 Å². The molecule has 2 fully saturated rings. The standard InChI is InChI=1S/C29H36N6O6S/c1-18-15-35(16-19(2)41-18)21-6-7-24(30-13-21)23-14-31-26(32-20(3)36)12-25(23)33-27-10-22(11-28(34-27)42(5,37)38)40-17-29(39-4)8-9-29/h6-7,10-14,18-19H,8-9,15-17H2,1-5H3,(H2,31,32,33,34,36). The van der Waals surface area contributed by atoms with Crippen LogP contribution in [0.4, 0.5) is 23.0 Å². The fourth-order valence-electron chi connectivity index (χ4n) is 4.85. The Bertz CT molecular complexity index is 1550. The molecular formula is C29H36N6O6S. The molecule has 12 nitrogen and oxygen atoms in total. The van der Waals surface area contributed by atoms with Gasteiger partial charge in [0.25, 0.3) is 0 Å². The topological polar surface area (TPSA) is 145 Å². The minimum absolute atomic E-state index is 0.114. The second-order valence-corrected chi connectivity index (χ2v) is 12.9. The molecule has 1 saturated heterocycles. The van der Waals surface area contributed by atoms with Gasteiger partial charge in [0.05, 0.1) is 35.5 Å². The highest BCUT2D eigenvalue weighted by atomic mass is 32.2. The highest BCUT2D eigenvalue weighted by Crippen LogP contribution is 2.39. The summed E-state index contributed by atoms with van der Waals surface area (Å²) in [6.07, 6.45) is 6.48. The number of morpholine rings is 1. The molecule has 42 heavy (non-hydrogen) atoms. The maximum atomic E-state index is 12.5. The molecular weight excluding hydrogens is 560 g/mol. The number of carbonyl (C=O) groups is 1. The average molecular weight is 597 g/mol. The number of amides is 1. The third-order valence-electron chi connectivity index (χ3n) is 7.18. The molecule has 3 aromatic rings. The van der Waals surface area contributed by atoms with Crippen LogP contribution in [0.3, 0.4) is 0 Å². The van der Waals surface area contributed by atoms with Gasteiger partial charge in [-0.15, -0.1) is 0 Å². The van der Waals surface area contributed by atoms with Crippen molar-refractivity contribution in [3.8, 4) is 17.0 Å². The Kier molecular flexibility index (Phi) is 8.35. The summed E-state index contributed by atoms with van der Waals surface area (Å²) in [4.78, 5) is 27.4. The quantitative estimate of drug-likeness (QED) is 0.352. The van der Waals surface area contributed by atoms with E-state index < -0.39 is 9.84 Å². The minimum atomic E-state index is -3.65. The van der Waals surface area contributed by atoms with E-state index in [9.17, 15) is 13.2 Å². The van der Waals surface area contributed by atoms with Crippen LogP contribution < -0.4 is 20.3 Å². The van der Waals surface area contributed by atoms with Crippen molar-refractivity contribution in [2.45, 2.75) is 56.4 Å². The lowest BCUT2D eigenvalue weighted by atomic mass is 10.1. The first-order valence-electron chi connectivity index (χ1n) is 13.7. The predicted molar refractivity (Wildman–Crippen MR) is 159 cm³/mol. The van der Waals surface area contributed by atoms with Gasteiger partial charge in [0.1, 0.15) is 29.6 Å². The van der Waals surface area contributed by atoms with E-state index in [1.54, 1.807) is 25.4 Å². The molecule has 13 heteroatoms. The molecule has 2 aliphatic rings. The Hall–Kier alpha value is -3.81. The van der Waals surface area contributed by atoms with Gasteiger partial charge in [-0.3, -0.25) is 9.78 Å². The summed E-state index contributed by atoms with van der Waals surface area (Å²) in [5.41, 5.74) is 2.41. The Morgan fingerprint density at radius 1 is 1.10 bits per heavy atom. The summed E-state index contributed by atoms with van der Waals surface area (Å²) in [6.45, 7) is 7.32. The number of hydrogen-bond acceptors (Lipinski definition) is 11. The highest BCUT2D eigenvalue weighted by Gasteiger charge is 2.44. The number of aromatic nitrogens is 3. The molecule has 1 amide bonds. The van der Waals surface area contributed by atoms with Crippen LogP contribution in [0.2, 0.25) is 0 Å². The molecule has 2 atom stereocenters. The fraction of sp³-hybridized carbons (Fsp3) is 0.448. The van der Waals surface area contributed by atoms with Crippen molar-refractivity contribution in [3.63, 3.8) is 0 Å². The van der Waals surface area contributed by atoms with Crippen molar-refractivity contribution in [2.75, 3.05) is 48.6 Å². The molecule has 3 aromatic heterocycles. The van der Waals surface area contributed by atoms with Crippen molar-refractivity contribution >= 4 is 38.8 Å². The Balaban J connectivity index is 1.47. The highest BCUT2D eigenvalue weighted by molar-refractivity contribution is 7.90. The normalized spacial score (nSPS) is 19.7.